The minimum absolute atomic E-state index is 0.00473. The van der Waals surface area contributed by atoms with E-state index in [1.165, 1.54) is 5.56 Å². The molecular formula is C22H27NO2S. The Balaban J connectivity index is 2.03. The van der Waals surface area contributed by atoms with E-state index >= 15 is 0 Å². The van der Waals surface area contributed by atoms with Gasteiger partial charge < -0.3 is 5.32 Å². The first-order chi connectivity index (χ1) is 12.3. The van der Waals surface area contributed by atoms with Gasteiger partial charge in [-0.3, -0.25) is 9.59 Å². The Labute approximate surface area is 160 Å². The average Bonchev–Trinajstić information content (AvgIpc) is 2.57. The quantitative estimate of drug-likeness (QED) is 0.678. The number of hydrogen-bond donors (Lipinski definition) is 1. The van der Waals surface area contributed by atoms with Gasteiger partial charge in [0.05, 0.1) is 5.75 Å². The van der Waals surface area contributed by atoms with Crippen LogP contribution < -0.4 is 5.32 Å². The molecule has 4 heteroatoms. The normalized spacial score (nSPS) is 10.7. The van der Waals surface area contributed by atoms with Crippen LogP contribution in [0.4, 0.5) is 5.69 Å². The summed E-state index contributed by atoms with van der Waals surface area (Å²) in [7, 11) is 0. The fraction of sp³-hybridized carbons (Fsp3) is 0.364. The van der Waals surface area contributed by atoms with E-state index in [2.05, 4.69) is 25.2 Å². The number of carbonyl (C=O) groups excluding carboxylic acids is 2. The van der Waals surface area contributed by atoms with Crippen molar-refractivity contribution in [2.75, 3.05) is 11.1 Å². The molecule has 2 rings (SSSR count). The topological polar surface area (TPSA) is 46.2 Å². The van der Waals surface area contributed by atoms with E-state index in [-0.39, 0.29) is 11.7 Å². The Bertz CT molecular complexity index is 827. The van der Waals surface area contributed by atoms with Crippen LogP contribution in [-0.4, -0.2) is 17.4 Å². The Hall–Kier alpha value is -2.07. The molecule has 0 radical (unpaired) electrons. The third-order valence-corrected chi connectivity index (χ3v) is 5.59. The van der Waals surface area contributed by atoms with Gasteiger partial charge in [0.1, 0.15) is 0 Å². The van der Waals surface area contributed by atoms with E-state index in [0.29, 0.717) is 5.75 Å². The smallest absolute Gasteiger partial charge is 0.234 e. The summed E-state index contributed by atoms with van der Waals surface area (Å²) in [5.74, 6) is 1.21. The lowest BCUT2D eigenvalue weighted by Gasteiger charge is -2.16. The maximum Gasteiger partial charge on any atom is 0.234 e. The van der Waals surface area contributed by atoms with Gasteiger partial charge in [0.2, 0.25) is 5.91 Å². The number of carbonyl (C=O) groups is 2. The van der Waals surface area contributed by atoms with Gasteiger partial charge in [-0.1, -0.05) is 31.2 Å². The fourth-order valence-corrected chi connectivity index (χ4v) is 4.38. The Morgan fingerprint density at radius 3 is 2.42 bits per heavy atom. The first-order valence-electron chi connectivity index (χ1n) is 8.91. The zero-order chi connectivity index (χ0) is 19.3. The minimum atomic E-state index is 0.00473. The number of aryl methyl sites for hydroxylation is 3. The highest BCUT2D eigenvalue weighted by Crippen LogP contribution is 2.26. The summed E-state index contributed by atoms with van der Waals surface area (Å²) in [4.78, 5) is 24.2. The maximum atomic E-state index is 12.3. The summed E-state index contributed by atoms with van der Waals surface area (Å²) in [6.07, 6.45) is 0.888. The van der Waals surface area contributed by atoms with Gasteiger partial charge in [-0.2, -0.15) is 0 Å². The Morgan fingerprint density at radius 2 is 1.77 bits per heavy atom. The molecule has 2 aromatic rings. The maximum absolute atomic E-state index is 12.3. The number of para-hydroxylation sites is 1. The molecule has 26 heavy (non-hydrogen) atoms. The number of rotatable bonds is 7. The number of Topliss-reactive ketones (excluding diaryl/α,β-unsaturated/α-hetero) is 1. The van der Waals surface area contributed by atoms with Crippen molar-refractivity contribution in [2.45, 2.75) is 46.8 Å². The van der Waals surface area contributed by atoms with Gasteiger partial charge in [0.25, 0.3) is 0 Å². The van der Waals surface area contributed by atoms with Crippen LogP contribution in [0, 0.1) is 20.8 Å². The van der Waals surface area contributed by atoms with Crippen molar-refractivity contribution < 1.29 is 9.59 Å². The summed E-state index contributed by atoms with van der Waals surface area (Å²) in [5.41, 5.74) is 7.24. The highest BCUT2D eigenvalue weighted by Gasteiger charge is 2.15. The molecule has 0 aliphatic carbocycles. The lowest BCUT2D eigenvalue weighted by atomic mass is 9.92. The van der Waals surface area contributed by atoms with E-state index < -0.39 is 0 Å². The second-order valence-electron chi connectivity index (χ2n) is 6.60. The van der Waals surface area contributed by atoms with E-state index in [1.807, 2.05) is 38.1 Å². The summed E-state index contributed by atoms with van der Waals surface area (Å²) in [5, 5.41) is 3.00. The number of benzene rings is 2. The number of hydrogen-bond acceptors (Lipinski definition) is 3. The van der Waals surface area contributed by atoms with Gasteiger partial charge in [0, 0.05) is 17.0 Å². The molecule has 0 saturated carbocycles. The summed E-state index contributed by atoms with van der Waals surface area (Å²) >= 11 is 1.58. The third-order valence-electron chi connectivity index (χ3n) is 4.63. The van der Waals surface area contributed by atoms with Crippen molar-refractivity contribution >= 4 is 29.1 Å². The second kappa shape index (κ2) is 9.04. The van der Waals surface area contributed by atoms with Crippen molar-refractivity contribution in [3.05, 3.63) is 63.7 Å². The average molecular weight is 370 g/mol. The molecule has 3 nitrogen and oxygen atoms in total. The molecule has 0 atom stereocenters. The molecule has 0 bridgehead atoms. The summed E-state index contributed by atoms with van der Waals surface area (Å²) in [6, 6.07) is 9.96. The predicted molar refractivity (Wildman–Crippen MR) is 111 cm³/mol. The molecule has 0 aromatic heterocycles. The van der Waals surface area contributed by atoms with Crippen LogP contribution in [0.1, 0.15) is 52.0 Å². The lowest BCUT2D eigenvalue weighted by molar-refractivity contribution is -0.113. The molecule has 0 aliphatic heterocycles. The lowest BCUT2D eigenvalue weighted by Crippen LogP contribution is -2.15. The molecule has 0 spiro atoms. The summed E-state index contributed by atoms with van der Waals surface area (Å²) in [6.45, 7) is 9.74. The first kappa shape index (κ1) is 20.2. The molecule has 1 amide bonds. The van der Waals surface area contributed by atoms with Gasteiger partial charge in [0.15, 0.2) is 5.78 Å². The number of anilines is 1. The number of thioether (sulfide) groups is 1. The van der Waals surface area contributed by atoms with Crippen LogP contribution in [0.3, 0.4) is 0 Å². The van der Waals surface area contributed by atoms with Crippen LogP contribution in [0.25, 0.3) is 0 Å². The van der Waals surface area contributed by atoms with Crippen molar-refractivity contribution in [3.8, 4) is 0 Å². The van der Waals surface area contributed by atoms with Crippen LogP contribution in [-0.2, 0) is 17.0 Å². The molecule has 2 aromatic carbocycles. The minimum Gasteiger partial charge on any atom is -0.325 e. The molecule has 0 heterocycles. The first-order valence-corrected chi connectivity index (χ1v) is 10.1. The number of nitrogens with one attached hydrogen (secondary N) is 1. The Morgan fingerprint density at radius 1 is 1.08 bits per heavy atom. The van der Waals surface area contributed by atoms with Crippen molar-refractivity contribution in [1.29, 1.82) is 0 Å². The molecule has 0 aliphatic rings. The van der Waals surface area contributed by atoms with Crippen LogP contribution in [0.2, 0.25) is 0 Å². The highest BCUT2D eigenvalue weighted by atomic mass is 32.2. The van der Waals surface area contributed by atoms with Gasteiger partial charge in [-0.15, -0.1) is 11.8 Å². The van der Waals surface area contributed by atoms with E-state index in [4.69, 9.17) is 0 Å². The number of amides is 1. The Kier molecular flexibility index (Phi) is 7.04. The van der Waals surface area contributed by atoms with Crippen LogP contribution >= 0.6 is 11.8 Å². The molecule has 138 valence electrons. The van der Waals surface area contributed by atoms with Crippen molar-refractivity contribution in [2.24, 2.45) is 0 Å². The van der Waals surface area contributed by atoms with Crippen LogP contribution in [0.15, 0.2) is 30.3 Å². The van der Waals surface area contributed by atoms with Crippen molar-refractivity contribution in [3.63, 3.8) is 0 Å². The van der Waals surface area contributed by atoms with Gasteiger partial charge in [-0.05, 0) is 68.0 Å². The standard InChI is InChI=1S/C22H27NO2S/c1-6-18-9-7-8-10-20(18)23-21(25)13-26-12-19-14(2)11-15(3)22(16(19)4)17(5)24/h7-11H,6,12-13H2,1-5H3,(H,23,25). The second-order valence-corrected chi connectivity index (χ2v) is 7.58. The third kappa shape index (κ3) is 4.76. The SMILES string of the molecule is CCc1ccccc1NC(=O)CSCc1c(C)cc(C)c(C(C)=O)c1C. The van der Waals surface area contributed by atoms with Crippen molar-refractivity contribution in [1.82, 2.24) is 0 Å². The number of ketones is 1. The zero-order valence-electron chi connectivity index (χ0n) is 16.2. The van der Waals surface area contributed by atoms with E-state index in [9.17, 15) is 9.59 Å². The zero-order valence-corrected chi connectivity index (χ0v) is 17.0. The monoisotopic (exact) mass is 369 g/mol. The largest absolute Gasteiger partial charge is 0.325 e. The van der Waals surface area contributed by atoms with Gasteiger partial charge >= 0.3 is 0 Å². The molecule has 0 saturated heterocycles. The molecular weight excluding hydrogens is 342 g/mol. The molecule has 0 unspecified atom stereocenters. The highest BCUT2D eigenvalue weighted by molar-refractivity contribution is 7.99. The van der Waals surface area contributed by atoms with Crippen LogP contribution in [0.5, 0.6) is 0 Å². The van der Waals surface area contributed by atoms with E-state index in [0.717, 1.165) is 45.7 Å². The molecule has 0 fully saturated rings. The van der Waals surface area contributed by atoms with Gasteiger partial charge in [-0.25, -0.2) is 0 Å². The summed E-state index contributed by atoms with van der Waals surface area (Å²) < 4.78 is 0. The molecule has 1 N–H and O–H groups in total. The van der Waals surface area contributed by atoms with E-state index in [1.54, 1.807) is 18.7 Å². The fourth-order valence-electron chi connectivity index (χ4n) is 3.37. The predicted octanol–water partition coefficient (Wildman–Crippen LogP) is 5.25.